The summed E-state index contributed by atoms with van der Waals surface area (Å²) in [6.07, 6.45) is -1.39. The van der Waals surface area contributed by atoms with E-state index in [2.05, 4.69) is 36.4 Å². The number of nitrogens with zero attached hydrogens (tertiary/aromatic N) is 1. The lowest BCUT2D eigenvalue weighted by Gasteiger charge is -2.45. The molecule has 0 radical (unpaired) electrons. The van der Waals surface area contributed by atoms with Gasteiger partial charge in [0.05, 0.1) is 24.0 Å². The van der Waals surface area contributed by atoms with E-state index in [0.717, 1.165) is 10.8 Å². The average molecular weight is 600 g/mol. The van der Waals surface area contributed by atoms with Crippen LogP contribution in [0.3, 0.4) is 0 Å². The zero-order valence-corrected chi connectivity index (χ0v) is 25.0. The van der Waals surface area contributed by atoms with Gasteiger partial charge in [0, 0.05) is 23.3 Å². The summed E-state index contributed by atoms with van der Waals surface area (Å²) in [4.78, 5) is 43.9. The Labute approximate surface area is 261 Å². The summed E-state index contributed by atoms with van der Waals surface area (Å²) in [5.41, 5.74) is 4.91. The number of rotatable bonds is 5. The summed E-state index contributed by atoms with van der Waals surface area (Å²) in [7, 11) is 0. The molecule has 3 fully saturated rings. The SMILES string of the molecule is CC(C)N1C(=O)C2C3OC(C(OC(=O)C4CC5c6ccccc6C4c4ccccc45)C31)C2C(=O)Oc1cccc2ccccc12. The zero-order chi connectivity index (χ0) is 30.6. The second-order valence-corrected chi connectivity index (χ2v) is 13.4. The van der Waals surface area contributed by atoms with Gasteiger partial charge >= 0.3 is 11.9 Å². The van der Waals surface area contributed by atoms with Crippen LogP contribution in [0.1, 0.15) is 54.4 Å². The molecule has 6 aliphatic rings. The van der Waals surface area contributed by atoms with E-state index in [1.165, 1.54) is 22.3 Å². The summed E-state index contributed by atoms with van der Waals surface area (Å²) in [5.74, 6) is -2.43. The Balaban J connectivity index is 1.05. The number of fused-ring (bicyclic) bond motifs is 3. The molecule has 0 saturated carbocycles. The first-order chi connectivity index (χ1) is 21.9. The number of carbonyl (C=O) groups excluding carboxylic acids is 3. The van der Waals surface area contributed by atoms with Gasteiger partial charge in [0.2, 0.25) is 5.91 Å². The lowest BCUT2D eigenvalue weighted by Crippen LogP contribution is -2.52. The van der Waals surface area contributed by atoms with Crippen LogP contribution in [0.2, 0.25) is 0 Å². The largest absolute Gasteiger partial charge is 0.457 e. The number of hydrogen-bond donors (Lipinski definition) is 0. The third-order valence-corrected chi connectivity index (χ3v) is 10.9. The Kier molecular flexibility index (Phi) is 5.82. The van der Waals surface area contributed by atoms with Gasteiger partial charge < -0.3 is 19.1 Å². The first-order valence-electron chi connectivity index (χ1n) is 16.0. The van der Waals surface area contributed by atoms with Crippen LogP contribution in [-0.2, 0) is 23.9 Å². The molecule has 4 bridgehead atoms. The molecule has 0 spiro atoms. The van der Waals surface area contributed by atoms with E-state index in [0.29, 0.717) is 12.2 Å². The molecule has 226 valence electrons. The maximum atomic E-state index is 14.3. The highest BCUT2D eigenvalue weighted by molar-refractivity contribution is 5.94. The molecule has 3 aliphatic heterocycles. The van der Waals surface area contributed by atoms with Gasteiger partial charge in [0.1, 0.15) is 17.8 Å². The summed E-state index contributed by atoms with van der Waals surface area (Å²) in [5, 5.41) is 1.76. The van der Waals surface area contributed by atoms with Crippen molar-refractivity contribution in [3.05, 3.63) is 113 Å². The van der Waals surface area contributed by atoms with Crippen molar-refractivity contribution in [2.75, 3.05) is 0 Å². The molecule has 0 N–H and O–H groups in total. The smallest absolute Gasteiger partial charge is 0.318 e. The highest BCUT2D eigenvalue weighted by Gasteiger charge is 2.73. The van der Waals surface area contributed by atoms with Crippen molar-refractivity contribution in [1.82, 2.24) is 4.90 Å². The fourth-order valence-corrected chi connectivity index (χ4v) is 9.21. The minimum absolute atomic E-state index is 0.110. The predicted octanol–water partition coefficient (Wildman–Crippen LogP) is 5.59. The van der Waals surface area contributed by atoms with Crippen molar-refractivity contribution in [2.45, 2.75) is 62.5 Å². The van der Waals surface area contributed by atoms with E-state index in [9.17, 15) is 14.4 Å². The normalized spacial score (nSPS) is 31.8. The number of benzene rings is 4. The summed E-state index contributed by atoms with van der Waals surface area (Å²) in [6, 6.07) is 29.5. The van der Waals surface area contributed by atoms with Gasteiger partial charge in [0.25, 0.3) is 0 Å². The molecule has 3 aliphatic carbocycles. The maximum absolute atomic E-state index is 14.3. The fraction of sp³-hybridized carbons (Fsp3) is 0.342. The van der Waals surface area contributed by atoms with Gasteiger partial charge in [-0.1, -0.05) is 84.9 Å². The summed E-state index contributed by atoms with van der Waals surface area (Å²) < 4.78 is 18.9. The van der Waals surface area contributed by atoms with Crippen LogP contribution in [0.4, 0.5) is 0 Å². The third kappa shape index (κ3) is 3.70. The Morgan fingerprint density at radius 3 is 2.16 bits per heavy atom. The number of esters is 2. The minimum Gasteiger partial charge on any atom is -0.457 e. The molecule has 7 nitrogen and oxygen atoms in total. The van der Waals surface area contributed by atoms with Crippen LogP contribution in [0.15, 0.2) is 91.0 Å². The molecule has 4 aromatic rings. The molecule has 45 heavy (non-hydrogen) atoms. The molecule has 1 amide bonds. The number of likely N-dealkylation sites (tertiary alicyclic amines) is 1. The number of ether oxygens (including phenoxy) is 3. The second-order valence-electron chi connectivity index (χ2n) is 13.4. The third-order valence-electron chi connectivity index (χ3n) is 10.9. The van der Waals surface area contributed by atoms with Crippen LogP contribution in [0.5, 0.6) is 5.75 Å². The van der Waals surface area contributed by atoms with Crippen molar-refractivity contribution in [3.63, 3.8) is 0 Å². The molecular weight excluding hydrogens is 566 g/mol. The molecule has 3 heterocycles. The van der Waals surface area contributed by atoms with Crippen LogP contribution >= 0.6 is 0 Å². The topological polar surface area (TPSA) is 82.1 Å². The quantitative estimate of drug-likeness (QED) is 0.220. The Hall–Kier alpha value is -4.49. The standard InChI is InChI=1S/C38H33NO6/c1-19(2)39-32-33-30(36(39)40)31(38(42)43-28-17-9-11-20-10-3-4-12-21(20)28)34(44-33)35(32)45-37(41)27-18-26-22-13-5-7-15-24(22)29(27)25-16-8-6-14-23(25)26/h3-17,19,26-27,29-35H,18H2,1-2H3. The molecular formula is C38H33NO6. The molecule has 10 rings (SSSR count). The Morgan fingerprint density at radius 1 is 0.800 bits per heavy atom. The molecule has 3 saturated heterocycles. The lowest BCUT2D eigenvalue weighted by atomic mass is 9.59. The predicted molar refractivity (Wildman–Crippen MR) is 166 cm³/mol. The summed E-state index contributed by atoms with van der Waals surface area (Å²) in [6.45, 7) is 3.90. The highest BCUT2D eigenvalue weighted by Crippen LogP contribution is 2.57. The molecule has 0 aromatic heterocycles. The van der Waals surface area contributed by atoms with E-state index < -0.39 is 42.2 Å². The zero-order valence-electron chi connectivity index (χ0n) is 25.0. The fourth-order valence-electron chi connectivity index (χ4n) is 9.21. The molecule has 4 aromatic carbocycles. The Bertz CT molecular complexity index is 1850. The lowest BCUT2D eigenvalue weighted by molar-refractivity contribution is -0.164. The first-order valence-corrected chi connectivity index (χ1v) is 16.0. The van der Waals surface area contributed by atoms with E-state index in [1.807, 2.05) is 62.4 Å². The monoisotopic (exact) mass is 599 g/mol. The van der Waals surface area contributed by atoms with Crippen LogP contribution in [0, 0.1) is 17.8 Å². The van der Waals surface area contributed by atoms with Gasteiger partial charge in [-0.15, -0.1) is 0 Å². The number of hydrogen-bond acceptors (Lipinski definition) is 6. The number of amides is 1. The Morgan fingerprint density at radius 2 is 1.44 bits per heavy atom. The van der Waals surface area contributed by atoms with Crippen molar-refractivity contribution in [1.29, 1.82) is 0 Å². The van der Waals surface area contributed by atoms with Gasteiger partial charge in [-0.2, -0.15) is 0 Å². The first kappa shape index (κ1) is 26.9. The highest BCUT2D eigenvalue weighted by atomic mass is 16.6. The average Bonchev–Trinajstić information content (AvgIpc) is 3.68. The van der Waals surface area contributed by atoms with E-state index in [4.69, 9.17) is 14.2 Å². The molecule has 7 heteroatoms. The summed E-state index contributed by atoms with van der Waals surface area (Å²) >= 11 is 0. The molecule has 7 atom stereocenters. The minimum atomic E-state index is -0.872. The van der Waals surface area contributed by atoms with Crippen molar-refractivity contribution in [3.8, 4) is 5.75 Å². The van der Waals surface area contributed by atoms with Crippen molar-refractivity contribution in [2.24, 2.45) is 17.8 Å². The van der Waals surface area contributed by atoms with E-state index in [1.54, 1.807) is 11.0 Å². The van der Waals surface area contributed by atoms with Gasteiger partial charge in [0.15, 0.2) is 6.10 Å². The molecule has 7 unspecified atom stereocenters. The van der Waals surface area contributed by atoms with Gasteiger partial charge in [-0.05, 0) is 54.0 Å². The van der Waals surface area contributed by atoms with Crippen molar-refractivity contribution >= 4 is 28.6 Å². The van der Waals surface area contributed by atoms with Crippen LogP contribution < -0.4 is 4.74 Å². The van der Waals surface area contributed by atoms with Crippen LogP contribution in [-0.4, -0.2) is 53.1 Å². The van der Waals surface area contributed by atoms with E-state index >= 15 is 0 Å². The van der Waals surface area contributed by atoms with Crippen molar-refractivity contribution < 1.29 is 28.6 Å². The second kappa shape index (κ2) is 9.75. The van der Waals surface area contributed by atoms with E-state index in [-0.39, 0.29) is 35.7 Å². The van der Waals surface area contributed by atoms with Crippen LogP contribution in [0.25, 0.3) is 10.8 Å². The number of carbonyl (C=O) groups is 3. The maximum Gasteiger partial charge on any atom is 0.318 e. The van der Waals surface area contributed by atoms with Gasteiger partial charge in [-0.3, -0.25) is 14.4 Å². The van der Waals surface area contributed by atoms with Gasteiger partial charge in [-0.25, -0.2) is 0 Å².